The topological polar surface area (TPSA) is 177 Å². The van der Waals surface area contributed by atoms with E-state index in [0.29, 0.717) is 66.5 Å². The van der Waals surface area contributed by atoms with Gasteiger partial charge in [0.2, 0.25) is 0 Å². The zero-order valence-electron chi connectivity index (χ0n) is 32.9. The molecule has 11 heteroatoms. The normalized spacial score (nSPS) is 27.4. The van der Waals surface area contributed by atoms with E-state index >= 15 is 0 Å². The number of carbonyl (C=O) groups is 2. The van der Waals surface area contributed by atoms with E-state index < -0.39 is 18.2 Å². The van der Waals surface area contributed by atoms with Crippen molar-refractivity contribution in [1.29, 1.82) is 0 Å². The Balaban J connectivity index is 1.28. The van der Waals surface area contributed by atoms with Gasteiger partial charge in [-0.2, -0.15) is 0 Å². The van der Waals surface area contributed by atoms with Crippen LogP contribution in [0.3, 0.4) is 0 Å². The Morgan fingerprint density at radius 2 is 1.78 bits per heavy atom. The number of aromatic nitrogens is 2. The molecule has 2 heterocycles. The van der Waals surface area contributed by atoms with Gasteiger partial charge in [-0.25, -0.2) is 4.98 Å². The maximum atomic E-state index is 12.8. The van der Waals surface area contributed by atoms with Gasteiger partial charge >= 0.3 is 11.9 Å². The lowest BCUT2D eigenvalue weighted by atomic mass is 9.50. The van der Waals surface area contributed by atoms with Crippen LogP contribution >= 0.6 is 0 Å². The average Bonchev–Trinajstić information content (AvgIpc) is 3.68. The summed E-state index contributed by atoms with van der Waals surface area (Å²) < 4.78 is 17.9. The summed E-state index contributed by atoms with van der Waals surface area (Å²) in [6.07, 6.45) is 9.83. The van der Waals surface area contributed by atoms with E-state index in [1.54, 1.807) is 24.4 Å². The lowest BCUT2D eigenvalue weighted by Crippen LogP contribution is -2.49. The summed E-state index contributed by atoms with van der Waals surface area (Å²) in [7, 11) is 0. The number of esters is 2. The summed E-state index contributed by atoms with van der Waals surface area (Å²) in [5, 5.41) is 31.2. The number of benzene rings is 1. The Morgan fingerprint density at radius 1 is 0.982 bits per heavy atom. The van der Waals surface area contributed by atoms with Crippen molar-refractivity contribution in [3.8, 4) is 22.6 Å². The molecule has 6 rings (SSSR count). The molecule has 3 saturated carbocycles. The third kappa shape index (κ3) is 9.66. The lowest BCUT2D eigenvalue weighted by Gasteiger charge is -2.55. The van der Waals surface area contributed by atoms with Crippen molar-refractivity contribution >= 4 is 17.8 Å². The number of nitrogens with two attached hydrogens (primary N) is 1. The number of nitrogens with zero attached hydrogens (tertiary/aromatic N) is 1. The Hall–Kier alpha value is -4.09. The van der Waals surface area contributed by atoms with Gasteiger partial charge in [0.05, 0.1) is 6.61 Å². The number of aryl methyl sites for hydroxylation is 1. The van der Waals surface area contributed by atoms with E-state index in [-0.39, 0.29) is 49.1 Å². The summed E-state index contributed by atoms with van der Waals surface area (Å²) in [6, 6.07) is 11.3. The van der Waals surface area contributed by atoms with E-state index in [1.165, 1.54) is 19.5 Å². The van der Waals surface area contributed by atoms with Crippen LogP contribution in [0.5, 0.6) is 11.5 Å². The van der Waals surface area contributed by atoms with Crippen molar-refractivity contribution in [3.05, 3.63) is 60.0 Å². The molecule has 0 radical (unpaired) electrons. The van der Waals surface area contributed by atoms with Crippen molar-refractivity contribution in [3.63, 3.8) is 0 Å². The number of ether oxygens (including phenoxy) is 3. The highest BCUT2D eigenvalue weighted by Crippen LogP contribution is 2.59. The van der Waals surface area contributed by atoms with Gasteiger partial charge in [0.15, 0.2) is 11.5 Å². The number of anilines is 1. The smallest absolute Gasteiger partial charge is 0.302 e. The molecule has 3 fully saturated rings. The van der Waals surface area contributed by atoms with Crippen LogP contribution in [-0.4, -0.2) is 69.3 Å². The fraction of sp³-hybridized carbons (Fsp3) is 0.614. The third-order valence-corrected chi connectivity index (χ3v) is 13.1. The predicted molar refractivity (Wildman–Crippen MR) is 210 cm³/mol. The molecule has 3 aliphatic carbocycles. The second-order valence-corrected chi connectivity index (χ2v) is 16.8. The zero-order valence-corrected chi connectivity index (χ0v) is 32.9. The van der Waals surface area contributed by atoms with E-state index in [9.17, 15) is 24.9 Å². The monoisotopic (exact) mass is 759 g/mol. The maximum absolute atomic E-state index is 12.8. The number of aromatic hydroxyl groups is 1. The maximum Gasteiger partial charge on any atom is 0.302 e. The number of aliphatic hydroxyl groups is 2. The minimum absolute atomic E-state index is 0.00787. The van der Waals surface area contributed by atoms with Crippen molar-refractivity contribution < 1.29 is 39.1 Å². The molecule has 55 heavy (non-hydrogen) atoms. The van der Waals surface area contributed by atoms with Gasteiger partial charge in [-0.15, -0.1) is 0 Å². The Kier molecular flexibility index (Phi) is 13.5. The van der Waals surface area contributed by atoms with Crippen LogP contribution in [0.4, 0.5) is 5.82 Å². The summed E-state index contributed by atoms with van der Waals surface area (Å²) in [5.74, 6) is 3.31. The van der Waals surface area contributed by atoms with Gasteiger partial charge in [0, 0.05) is 50.9 Å². The number of nitrogen functional groups attached to an aromatic ring is 1. The van der Waals surface area contributed by atoms with Gasteiger partial charge in [0.25, 0.3) is 0 Å². The molecule has 0 amide bonds. The molecule has 3 aromatic rings. The molecule has 0 unspecified atom stereocenters. The summed E-state index contributed by atoms with van der Waals surface area (Å²) in [5.41, 5.74) is 9.68. The van der Waals surface area contributed by atoms with E-state index in [2.05, 4.69) is 35.9 Å². The van der Waals surface area contributed by atoms with Crippen molar-refractivity contribution in [2.24, 2.45) is 47.3 Å². The second kappa shape index (κ2) is 18.2. The number of phenols is 1. The molecule has 6 N–H and O–H groups in total. The Labute approximate surface area is 325 Å². The third-order valence-electron chi connectivity index (χ3n) is 13.1. The number of nitrogens with one attached hydrogen (secondary N) is 1. The number of pyridine rings is 1. The fourth-order valence-electron chi connectivity index (χ4n) is 10.9. The van der Waals surface area contributed by atoms with E-state index in [4.69, 9.17) is 19.9 Å². The largest absolute Gasteiger partial charge is 0.504 e. The van der Waals surface area contributed by atoms with E-state index in [0.717, 1.165) is 55.2 Å². The fourth-order valence-corrected chi connectivity index (χ4v) is 10.9. The van der Waals surface area contributed by atoms with Crippen molar-refractivity contribution in [2.75, 3.05) is 25.6 Å². The van der Waals surface area contributed by atoms with Gasteiger partial charge in [-0.1, -0.05) is 13.8 Å². The van der Waals surface area contributed by atoms with Gasteiger partial charge in [-0.3, -0.25) is 9.59 Å². The molecule has 0 saturated heterocycles. The number of rotatable bonds is 15. The number of H-pyrrole nitrogens is 1. The van der Waals surface area contributed by atoms with Gasteiger partial charge < -0.3 is 40.2 Å². The van der Waals surface area contributed by atoms with Crippen LogP contribution in [0.25, 0.3) is 11.1 Å². The van der Waals surface area contributed by atoms with Crippen molar-refractivity contribution in [2.45, 2.75) is 104 Å². The molecule has 0 aliphatic heterocycles. The molecular formula is C44H61N3O8. The lowest BCUT2D eigenvalue weighted by molar-refractivity contribution is -0.158. The first-order chi connectivity index (χ1) is 26.4. The highest BCUT2D eigenvalue weighted by atomic mass is 16.6. The number of phenolic OH excluding ortho intramolecular Hbond substituents is 1. The van der Waals surface area contributed by atoms with Gasteiger partial charge in [0.1, 0.15) is 24.6 Å². The summed E-state index contributed by atoms with van der Waals surface area (Å²) in [4.78, 5) is 33.1. The van der Waals surface area contributed by atoms with Crippen LogP contribution in [0, 0.1) is 47.3 Å². The molecule has 300 valence electrons. The van der Waals surface area contributed by atoms with Crippen LogP contribution in [0.2, 0.25) is 0 Å². The number of aliphatic hydroxyl groups excluding tert-OH is 2. The Bertz CT molecular complexity index is 1730. The van der Waals surface area contributed by atoms with Crippen LogP contribution in [-0.2, 0) is 25.5 Å². The highest BCUT2D eigenvalue weighted by molar-refractivity contribution is 5.72. The van der Waals surface area contributed by atoms with Crippen LogP contribution < -0.4 is 10.5 Å². The minimum atomic E-state index is -0.577. The molecule has 0 spiro atoms. The van der Waals surface area contributed by atoms with E-state index in [1.807, 2.05) is 12.3 Å². The van der Waals surface area contributed by atoms with Crippen LogP contribution in [0.1, 0.15) is 96.2 Å². The molecule has 2 bridgehead atoms. The molecule has 3 aliphatic rings. The summed E-state index contributed by atoms with van der Waals surface area (Å²) in [6.45, 7) is 7.43. The number of hydrogen-bond acceptors (Lipinski definition) is 10. The van der Waals surface area contributed by atoms with Crippen LogP contribution in [0.15, 0.2) is 48.8 Å². The summed E-state index contributed by atoms with van der Waals surface area (Å²) >= 11 is 0. The quantitative estimate of drug-likeness (QED) is 0.101. The number of carbonyl (C=O) groups excluding carboxylic acids is 2. The molecular weight excluding hydrogens is 698 g/mol. The van der Waals surface area contributed by atoms with Crippen molar-refractivity contribution in [1.82, 2.24) is 9.97 Å². The molecule has 2 aromatic heterocycles. The molecule has 10 atom stereocenters. The molecule has 1 aromatic carbocycles. The first-order valence-corrected chi connectivity index (χ1v) is 20.4. The number of aromatic amines is 1. The minimum Gasteiger partial charge on any atom is -0.504 e. The highest BCUT2D eigenvalue weighted by Gasteiger charge is 2.51. The SMILES string of the molecule is CC(=O)O[C@H](CCc1cc(OCCO)c(O)cc1-c1ccnc(N)c1)C[C@@H](OC(C)=O)[C@@H]1C[C@@H](CO)[C@@H]2CC[C@@H](c3ccc[nH]3)[C@@H]3C[C@H](C(C)C)[C@H](C1)C[C@@H]32. The second-order valence-electron chi connectivity index (χ2n) is 16.8. The standard InChI is InChI=1S/C44H61N3O8/c1-25(2)36-22-39-35(40-6-5-12-46-40)10-9-34-32(24-49)17-31(16-30(36)18-38(34)39)42(55-27(4)51)21-33(54-26(3)50)8-7-28-19-43(53-15-14-48)41(52)23-37(28)29-11-13-47-44(45)20-29/h5-6,11-13,19-20,23,25,30-36,38-39,42,46,48-49,52H,7-10,14-18,21-22,24H2,1-4H3,(H2,45,47)/t30-,31+,32+,33-,34+,35-,36-,38-,39+,42-/m1/s1. The number of fused-ring (bicyclic) bond motifs is 1. The zero-order chi connectivity index (χ0) is 39.2. The van der Waals surface area contributed by atoms with Gasteiger partial charge in [-0.05, 0) is 152 Å². The predicted octanol–water partition coefficient (Wildman–Crippen LogP) is 7.05. The molecule has 11 nitrogen and oxygen atoms in total. The first kappa shape index (κ1) is 40.6. The first-order valence-electron chi connectivity index (χ1n) is 20.4. The Morgan fingerprint density at radius 3 is 2.45 bits per heavy atom. The number of hydrogen-bond donors (Lipinski definition) is 5. The average molecular weight is 760 g/mol.